The Labute approximate surface area is 468 Å². The van der Waals surface area contributed by atoms with Crippen molar-refractivity contribution in [3.05, 3.63) is 205 Å². The molecule has 4 amide bonds. The Balaban J connectivity index is 1.18. The number of para-hydroxylation sites is 4. The quantitative estimate of drug-likeness (QED) is 0.122. The number of carbonyl (C=O) groups excluding carboxylic acids is 4. The number of rotatable bonds is 12. The summed E-state index contributed by atoms with van der Waals surface area (Å²) in [6.07, 6.45) is 5.27. The van der Waals surface area contributed by atoms with E-state index in [-0.39, 0.29) is 23.6 Å². The number of anilines is 4. The molecule has 4 aliphatic rings. The van der Waals surface area contributed by atoms with Crippen molar-refractivity contribution in [2.45, 2.75) is 65.2 Å². The first-order valence-electron chi connectivity index (χ1n) is 28.4. The van der Waals surface area contributed by atoms with E-state index in [1.807, 2.05) is 43.9 Å². The minimum absolute atomic E-state index is 0.125. The molecule has 9 aromatic rings. The molecule has 394 valence electrons. The highest BCUT2D eigenvalue weighted by molar-refractivity contribution is 6.12. The minimum Gasteiger partial charge on any atom is -0.312 e. The average molecular weight is 1050 g/mol. The molecule has 0 saturated carbocycles. The summed E-state index contributed by atoms with van der Waals surface area (Å²) < 4.78 is 0. The summed E-state index contributed by atoms with van der Waals surface area (Å²) in [6.45, 7) is 7.17. The van der Waals surface area contributed by atoms with Gasteiger partial charge in [-0.25, -0.2) is 0 Å². The number of benzene rings is 9. The van der Waals surface area contributed by atoms with Crippen LogP contribution in [0, 0.1) is 13.8 Å². The zero-order chi connectivity index (χ0) is 54.4. The third kappa shape index (κ3) is 8.70. The smallest absolute Gasteiger partial charge is 0.227 e. The second kappa shape index (κ2) is 21.2. The first kappa shape index (κ1) is 50.4. The number of hydrogen-bond donors (Lipinski definition) is 0. The summed E-state index contributed by atoms with van der Waals surface area (Å²) in [5.41, 5.74) is 21.8. The molecule has 0 spiro atoms. The van der Waals surface area contributed by atoms with E-state index < -0.39 is 0 Å². The van der Waals surface area contributed by atoms with E-state index in [0.29, 0.717) is 51.9 Å². The van der Waals surface area contributed by atoms with Crippen molar-refractivity contribution in [2.75, 3.05) is 45.8 Å². The molecule has 8 nitrogen and oxygen atoms in total. The zero-order valence-electron chi connectivity index (χ0n) is 45.4. The lowest BCUT2D eigenvalue weighted by Crippen LogP contribution is -2.24. The van der Waals surface area contributed by atoms with E-state index >= 15 is 0 Å². The fourth-order valence-electron chi connectivity index (χ4n) is 13.4. The monoisotopic (exact) mass is 1050 g/mol. The van der Waals surface area contributed by atoms with Gasteiger partial charge in [0.25, 0.3) is 0 Å². The highest BCUT2D eigenvalue weighted by Crippen LogP contribution is 2.56. The maximum atomic E-state index is 13.7. The lowest BCUT2D eigenvalue weighted by molar-refractivity contribution is -0.117. The van der Waals surface area contributed by atoms with Gasteiger partial charge in [0.05, 0.1) is 22.7 Å². The molecular formula is C72H62N4O4. The van der Waals surface area contributed by atoms with Crippen molar-refractivity contribution >= 4 is 46.4 Å². The Morgan fingerprint density at radius 2 is 0.412 bits per heavy atom. The molecule has 80 heavy (non-hydrogen) atoms. The largest absolute Gasteiger partial charge is 0.312 e. The topological polar surface area (TPSA) is 81.2 Å². The van der Waals surface area contributed by atoms with E-state index in [2.05, 4.69) is 184 Å². The predicted octanol–water partition coefficient (Wildman–Crippen LogP) is 16.1. The van der Waals surface area contributed by atoms with Gasteiger partial charge in [-0.05, 0) is 142 Å². The summed E-state index contributed by atoms with van der Waals surface area (Å²) in [5.74, 6) is 0.501. The fourth-order valence-corrected chi connectivity index (χ4v) is 13.4. The van der Waals surface area contributed by atoms with E-state index in [0.717, 1.165) is 149 Å². The normalized spacial score (nSPS) is 15.5. The van der Waals surface area contributed by atoms with Crippen LogP contribution in [0.15, 0.2) is 194 Å². The van der Waals surface area contributed by atoms with Crippen molar-refractivity contribution in [2.24, 2.45) is 0 Å². The highest BCUT2D eigenvalue weighted by Gasteiger charge is 2.34. The number of nitrogens with zero attached hydrogens (tertiary/aromatic N) is 4. The van der Waals surface area contributed by atoms with Gasteiger partial charge in [0.2, 0.25) is 23.6 Å². The lowest BCUT2D eigenvalue weighted by atomic mass is 9.74. The summed E-state index contributed by atoms with van der Waals surface area (Å²) in [5, 5.41) is 0. The third-order valence-electron chi connectivity index (χ3n) is 17.0. The van der Waals surface area contributed by atoms with Crippen LogP contribution < -0.4 is 19.6 Å². The van der Waals surface area contributed by atoms with Crippen molar-refractivity contribution < 1.29 is 19.2 Å². The van der Waals surface area contributed by atoms with Gasteiger partial charge in [-0.1, -0.05) is 170 Å². The van der Waals surface area contributed by atoms with Crippen LogP contribution in [-0.4, -0.2) is 49.8 Å². The molecule has 4 fully saturated rings. The molecule has 0 aliphatic carbocycles. The number of amides is 4. The molecule has 13 rings (SSSR count). The van der Waals surface area contributed by atoms with Crippen molar-refractivity contribution in [1.82, 2.24) is 0 Å². The van der Waals surface area contributed by atoms with Crippen LogP contribution in [-0.2, 0) is 19.2 Å². The van der Waals surface area contributed by atoms with Crippen LogP contribution in [0.4, 0.5) is 22.7 Å². The summed E-state index contributed by atoms with van der Waals surface area (Å²) >= 11 is 0. The van der Waals surface area contributed by atoms with Gasteiger partial charge in [-0.2, -0.15) is 0 Å². The molecule has 0 N–H and O–H groups in total. The Bertz CT molecular complexity index is 3460. The van der Waals surface area contributed by atoms with Gasteiger partial charge in [-0.3, -0.25) is 19.2 Å². The summed E-state index contributed by atoms with van der Waals surface area (Å²) in [6, 6.07) is 67.9. The van der Waals surface area contributed by atoms with Crippen LogP contribution in [0.1, 0.15) is 62.5 Å². The molecule has 0 atom stereocenters. The zero-order valence-corrected chi connectivity index (χ0v) is 45.4. The van der Waals surface area contributed by atoms with Crippen LogP contribution in [0.5, 0.6) is 0 Å². The Hall–Kier alpha value is -9.14. The van der Waals surface area contributed by atoms with Gasteiger partial charge >= 0.3 is 0 Å². The van der Waals surface area contributed by atoms with Crippen molar-refractivity contribution in [1.29, 1.82) is 0 Å². The van der Waals surface area contributed by atoms with Gasteiger partial charge < -0.3 is 19.6 Å². The highest BCUT2D eigenvalue weighted by atomic mass is 16.2. The summed E-state index contributed by atoms with van der Waals surface area (Å²) in [4.78, 5) is 62.7. The van der Waals surface area contributed by atoms with Crippen LogP contribution in [0.2, 0.25) is 0 Å². The second-order valence-electron chi connectivity index (χ2n) is 21.6. The molecule has 0 aromatic heterocycles. The molecule has 0 unspecified atom stereocenters. The van der Waals surface area contributed by atoms with Gasteiger partial charge in [0, 0.05) is 74.1 Å². The number of hydrogen-bond acceptors (Lipinski definition) is 4. The standard InChI is InChI=1S/C72H62N4O4/c1-47-69(57-31-7-3-23-49(57)53-27-11-15-35-61(53)73-43-19-39-65(73)77)71(59-33-9-5-25-51(59)55-29-13-17-37-63(55)75-45-21-41-67(75)79)48(2)72(60-34-10-6-26-52(60)56-30-14-18-38-64(56)76-46-22-42-68(76)80)70(47)58-32-8-4-24-50(58)54-28-12-16-36-62(54)74-44-20-40-66(74)78/h3-18,23-38H,19-22,39-46H2,1-2H3. The molecule has 0 radical (unpaired) electrons. The Kier molecular flexibility index (Phi) is 13.4. The first-order chi connectivity index (χ1) is 39.3. The lowest BCUT2D eigenvalue weighted by Gasteiger charge is -2.30. The number of carbonyl (C=O) groups is 4. The maximum Gasteiger partial charge on any atom is 0.227 e. The molecule has 8 heteroatoms. The fraction of sp³-hybridized carbons (Fsp3) is 0.194. The molecular weight excluding hydrogens is 985 g/mol. The van der Waals surface area contributed by atoms with E-state index in [9.17, 15) is 19.2 Å². The first-order valence-corrected chi connectivity index (χ1v) is 28.4. The van der Waals surface area contributed by atoms with Crippen LogP contribution in [0.25, 0.3) is 89.0 Å². The molecule has 0 bridgehead atoms. The predicted molar refractivity (Wildman–Crippen MR) is 326 cm³/mol. The Morgan fingerprint density at radius 1 is 0.237 bits per heavy atom. The van der Waals surface area contributed by atoms with Crippen LogP contribution in [0.3, 0.4) is 0 Å². The molecule has 4 aliphatic heterocycles. The molecule has 9 aromatic carbocycles. The minimum atomic E-state index is 0.125. The van der Waals surface area contributed by atoms with Gasteiger partial charge in [-0.15, -0.1) is 0 Å². The Morgan fingerprint density at radius 3 is 0.600 bits per heavy atom. The van der Waals surface area contributed by atoms with Gasteiger partial charge in [0.1, 0.15) is 0 Å². The third-order valence-corrected chi connectivity index (χ3v) is 17.0. The van der Waals surface area contributed by atoms with Crippen molar-refractivity contribution in [3.8, 4) is 89.0 Å². The van der Waals surface area contributed by atoms with E-state index in [1.165, 1.54) is 0 Å². The average Bonchev–Trinajstić information content (AvgIpc) is 4.09. The van der Waals surface area contributed by atoms with Crippen molar-refractivity contribution in [3.63, 3.8) is 0 Å². The van der Waals surface area contributed by atoms with E-state index in [1.54, 1.807) is 0 Å². The SMILES string of the molecule is Cc1c(-c2ccccc2-c2ccccc2N2CCCC2=O)c(-c2ccccc2-c2ccccc2N2CCCC2=O)c(C)c(-c2ccccc2-c2ccccc2N2CCCC2=O)c1-c1ccccc1-c1ccccc1N1CCCC1=O. The maximum absolute atomic E-state index is 13.7. The van der Waals surface area contributed by atoms with Gasteiger partial charge in [0.15, 0.2) is 0 Å². The molecule has 4 heterocycles. The van der Waals surface area contributed by atoms with E-state index in [4.69, 9.17) is 0 Å². The molecule has 4 saturated heterocycles. The summed E-state index contributed by atoms with van der Waals surface area (Å²) in [7, 11) is 0. The second-order valence-corrected chi connectivity index (χ2v) is 21.6. The van der Waals surface area contributed by atoms with Crippen LogP contribution >= 0.6 is 0 Å².